The lowest BCUT2D eigenvalue weighted by molar-refractivity contribution is -0.123. The van der Waals surface area contributed by atoms with Crippen molar-refractivity contribution in [1.29, 1.82) is 0 Å². The van der Waals surface area contributed by atoms with Crippen molar-refractivity contribution in [3.05, 3.63) is 77.2 Å². The van der Waals surface area contributed by atoms with Crippen molar-refractivity contribution in [3.8, 4) is 0 Å². The molecule has 3 aromatic rings. The van der Waals surface area contributed by atoms with Crippen molar-refractivity contribution in [2.24, 2.45) is 11.3 Å². The van der Waals surface area contributed by atoms with Crippen LogP contribution in [0.25, 0.3) is 0 Å². The van der Waals surface area contributed by atoms with E-state index in [1.54, 1.807) is 25.4 Å². The van der Waals surface area contributed by atoms with E-state index in [1.807, 2.05) is 19.1 Å². The van der Waals surface area contributed by atoms with Crippen molar-refractivity contribution in [3.63, 3.8) is 0 Å². The predicted octanol–water partition coefficient (Wildman–Crippen LogP) is 2.48. The predicted molar refractivity (Wildman–Crippen MR) is 110 cm³/mol. The van der Waals surface area contributed by atoms with Gasteiger partial charge >= 0.3 is 0 Å². The number of nitrogens with zero attached hydrogens (tertiary/aromatic N) is 4. The highest BCUT2D eigenvalue weighted by molar-refractivity contribution is 6.11. The molecule has 4 aliphatic rings. The zero-order valence-electron chi connectivity index (χ0n) is 17.3. The molecule has 2 fully saturated rings. The molecule has 9 heteroatoms. The summed E-state index contributed by atoms with van der Waals surface area (Å²) in [6.45, 7) is 2.15. The number of aromatic nitrogens is 3. The van der Waals surface area contributed by atoms with E-state index >= 15 is 0 Å². The van der Waals surface area contributed by atoms with E-state index in [1.165, 1.54) is 21.7 Å². The zero-order chi connectivity index (χ0) is 22.4. The number of carbonyl (C=O) groups is 2. The summed E-state index contributed by atoms with van der Waals surface area (Å²) in [5.74, 6) is -1.46. The van der Waals surface area contributed by atoms with Crippen LogP contribution in [0.4, 0.5) is 14.6 Å². The number of likely N-dealkylation sites (N-methyl/N-ethyl adjacent to an activating group) is 1. The van der Waals surface area contributed by atoms with Gasteiger partial charge in [0.15, 0.2) is 11.5 Å². The third-order valence-corrected chi connectivity index (χ3v) is 7.36. The molecule has 2 aliphatic carbocycles. The second-order valence-electron chi connectivity index (χ2n) is 8.93. The minimum Gasteiger partial charge on any atom is -0.335 e. The van der Waals surface area contributed by atoms with Crippen molar-refractivity contribution in [2.45, 2.75) is 24.9 Å². The lowest BCUT2D eigenvalue weighted by Gasteiger charge is -2.28. The highest BCUT2D eigenvalue weighted by Gasteiger charge is 2.98. The maximum atomic E-state index is 14.6. The van der Waals surface area contributed by atoms with Gasteiger partial charge in [0, 0.05) is 30.5 Å². The van der Waals surface area contributed by atoms with Gasteiger partial charge in [0.25, 0.3) is 11.8 Å². The van der Waals surface area contributed by atoms with Gasteiger partial charge < -0.3 is 5.32 Å². The molecule has 2 amide bonds. The quantitative estimate of drug-likeness (QED) is 0.683. The second-order valence-corrected chi connectivity index (χ2v) is 8.93. The molecule has 0 spiro atoms. The summed E-state index contributed by atoms with van der Waals surface area (Å²) in [5.41, 5.74) is -0.173. The largest absolute Gasteiger partial charge is 0.335 e. The third-order valence-electron chi connectivity index (χ3n) is 7.36. The van der Waals surface area contributed by atoms with Crippen LogP contribution in [0.15, 0.2) is 48.8 Å². The smallest absolute Gasteiger partial charge is 0.275 e. The highest BCUT2D eigenvalue weighted by Crippen LogP contribution is 2.91. The Morgan fingerprint density at radius 3 is 2.66 bits per heavy atom. The van der Waals surface area contributed by atoms with Gasteiger partial charge in [-0.05, 0) is 29.3 Å². The van der Waals surface area contributed by atoms with Gasteiger partial charge in [-0.15, -0.1) is 0 Å². The fourth-order valence-electron chi connectivity index (χ4n) is 5.66. The Kier molecular flexibility index (Phi) is 3.58. The molecule has 7 nitrogen and oxygen atoms in total. The summed E-state index contributed by atoms with van der Waals surface area (Å²) in [6.07, 6.45) is 2.76. The average molecular weight is 435 g/mol. The number of fused-ring (bicyclic) bond motifs is 1. The van der Waals surface area contributed by atoms with E-state index in [9.17, 15) is 18.4 Å². The Balaban J connectivity index is 1.27. The first kappa shape index (κ1) is 19.1. The Hall–Kier alpha value is -3.62. The van der Waals surface area contributed by atoms with Crippen molar-refractivity contribution < 1.29 is 18.4 Å². The van der Waals surface area contributed by atoms with Crippen LogP contribution in [-0.4, -0.2) is 39.2 Å². The minimum absolute atomic E-state index is 0.0521. The van der Waals surface area contributed by atoms with Crippen LogP contribution in [0.1, 0.15) is 34.5 Å². The number of carbonyl (C=O) groups excluding carboxylic acids is 2. The number of benzene rings is 1. The monoisotopic (exact) mass is 435 g/mol. The second kappa shape index (κ2) is 5.99. The topological polar surface area (TPSA) is 80.1 Å². The van der Waals surface area contributed by atoms with E-state index in [0.717, 1.165) is 11.8 Å². The van der Waals surface area contributed by atoms with Gasteiger partial charge in [-0.3, -0.25) is 19.2 Å². The molecule has 0 unspecified atom stereocenters. The van der Waals surface area contributed by atoms with E-state index in [0.29, 0.717) is 11.4 Å². The maximum absolute atomic E-state index is 14.6. The van der Waals surface area contributed by atoms with E-state index in [4.69, 9.17) is 0 Å². The molecular weight excluding hydrogens is 416 g/mol. The van der Waals surface area contributed by atoms with Gasteiger partial charge in [-0.1, -0.05) is 25.1 Å². The van der Waals surface area contributed by atoms with Gasteiger partial charge in [-0.2, -0.15) is 5.10 Å². The van der Waals surface area contributed by atoms with Gasteiger partial charge in [-0.25, -0.2) is 13.8 Å². The van der Waals surface area contributed by atoms with Crippen LogP contribution in [-0.2, 0) is 11.3 Å². The Morgan fingerprint density at radius 1 is 1.22 bits per heavy atom. The molecule has 2 aromatic heterocycles. The number of hydrogen-bond donors (Lipinski definition) is 1. The molecule has 1 aromatic carbocycles. The molecule has 2 saturated carbocycles. The highest BCUT2D eigenvalue weighted by atomic mass is 19.1. The summed E-state index contributed by atoms with van der Waals surface area (Å²) < 4.78 is 29.0. The van der Waals surface area contributed by atoms with Crippen LogP contribution in [0.3, 0.4) is 0 Å². The third kappa shape index (κ3) is 2.23. The molecular formula is C23H19F2N5O2. The van der Waals surface area contributed by atoms with E-state index in [2.05, 4.69) is 15.4 Å². The van der Waals surface area contributed by atoms with Crippen LogP contribution in [0, 0.1) is 23.0 Å². The lowest BCUT2D eigenvalue weighted by Crippen LogP contribution is -2.56. The molecule has 4 heterocycles. The fourth-order valence-corrected chi connectivity index (χ4v) is 5.66. The number of nitrogens with one attached hydrogen (secondary N) is 1. The zero-order valence-corrected chi connectivity index (χ0v) is 17.3. The number of rotatable bonds is 4. The normalized spacial score (nSPS) is 29.1. The first-order valence-corrected chi connectivity index (χ1v) is 10.3. The van der Waals surface area contributed by atoms with Crippen LogP contribution in [0.5, 0.6) is 0 Å². The Bertz CT molecular complexity index is 1310. The molecule has 2 aliphatic heterocycles. The first-order chi connectivity index (χ1) is 15.3. The fraction of sp³-hybridized carbons (Fsp3) is 0.304. The molecule has 4 atom stereocenters. The average Bonchev–Trinajstić information content (AvgIpc) is 3.52. The van der Waals surface area contributed by atoms with Crippen molar-refractivity contribution in [2.75, 3.05) is 11.9 Å². The summed E-state index contributed by atoms with van der Waals surface area (Å²) in [5, 5.41) is 6.89. The number of hydrogen-bond acceptors (Lipinski definition) is 4. The lowest BCUT2D eigenvalue weighted by atomic mass is 9.86. The van der Waals surface area contributed by atoms with Crippen molar-refractivity contribution in [1.82, 2.24) is 20.1 Å². The van der Waals surface area contributed by atoms with Crippen molar-refractivity contribution >= 4 is 17.6 Å². The molecule has 7 rings (SSSR count). The van der Waals surface area contributed by atoms with Crippen LogP contribution >= 0.6 is 0 Å². The standard InChI is InChI=1S/C23H19F2N5O2/c1-22-16-14-4-3-9-26-19(14)29(2)21(32)23(22,18(16)22)27-20(31)17-15(25)11-30(28-17)10-12-5-7-13(24)8-6-12/h3-9,11,16,18H,10H2,1-2H3,(H,27,31)/t16-,18+,22+,23-/m0/s1. The van der Waals surface area contributed by atoms with Crippen LogP contribution < -0.4 is 10.2 Å². The first-order valence-electron chi connectivity index (χ1n) is 10.3. The number of pyridine rings is 1. The molecule has 32 heavy (non-hydrogen) atoms. The number of halogens is 2. The van der Waals surface area contributed by atoms with Gasteiger partial charge in [0.2, 0.25) is 0 Å². The Morgan fingerprint density at radius 2 is 1.94 bits per heavy atom. The molecule has 0 saturated heterocycles. The summed E-state index contributed by atoms with van der Waals surface area (Å²) in [7, 11) is 1.64. The van der Waals surface area contributed by atoms with Gasteiger partial charge in [0.05, 0.1) is 12.7 Å². The van der Waals surface area contributed by atoms with E-state index < -0.39 is 22.7 Å². The Labute approximate surface area is 182 Å². The number of amides is 2. The summed E-state index contributed by atoms with van der Waals surface area (Å²) in [6, 6.07) is 9.55. The van der Waals surface area contributed by atoms with Crippen LogP contribution in [0.2, 0.25) is 0 Å². The summed E-state index contributed by atoms with van der Waals surface area (Å²) >= 11 is 0. The number of anilines is 1. The van der Waals surface area contributed by atoms with Gasteiger partial charge in [0.1, 0.15) is 17.2 Å². The molecule has 1 N–H and O–H groups in total. The summed E-state index contributed by atoms with van der Waals surface area (Å²) in [4.78, 5) is 32.2. The SMILES string of the molecule is CN1C(=O)[C@@]2(NC(=O)c3nn(Cc4ccc(F)cc4)cc3F)[C@@H]3[C@H](c4cccnc41)[C@]32C. The molecule has 162 valence electrons. The minimum atomic E-state index is -1.09. The maximum Gasteiger partial charge on any atom is 0.275 e. The molecule has 0 radical (unpaired) electrons. The van der Waals surface area contributed by atoms with E-state index in [-0.39, 0.29) is 35.8 Å². The molecule has 2 bridgehead atoms.